The Labute approximate surface area is 85.7 Å². The van der Waals surface area contributed by atoms with Crippen molar-refractivity contribution in [2.24, 2.45) is 7.05 Å². The molecule has 4 nitrogen and oxygen atoms in total. The van der Waals surface area contributed by atoms with Gasteiger partial charge in [-0.2, -0.15) is 0 Å². The van der Waals surface area contributed by atoms with Crippen molar-refractivity contribution in [3.63, 3.8) is 0 Å². The van der Waals surface area contributed by atoms with Crippen LogP contribution in [0.2, 0.25) is 0 Å². The first-order valence-electron chi connectivity index (χ1n) is 5.37. The highest BCUT2D eigenvalue weighted by atomic mass is 15.4. The first kappa shape index (κ1) is 11.2. The summed E-state index contributed by atoms with van der Waals surface area (Å²) in [5.74, 6) is 0. The lowest BCUT2D eigenvalue weighted by atomic mass is 10.1. The lowest BCUT2D eigenvalue weighted by Crippen LogP contribution is -2.24. The highest BCUT2D eigenvalue weighted by Crippen LogP contribution is 2.16. The summed E-state index contributed by atoms with van der Waals surface area (Å²) in [7, 11) is 1.94. The number of nitrogens with one attached hydrogen (secondary N) is 1. The first-order valence-corrected chi connectivity index (χ1v) is 5.37. The molecule has 0 amide bonds. The van der Waals surface area contributed by atoms with Gasteiger partial charge in [-0.25, -0.2) is 0 Å². The topological polar surface area (TPSA) is 42.7 Å². The third kappa shape index (κ3) is 2.80. The zero-order chi connectivity index (χ0) is 10.4. The van der Waals surface area contributed by atoms with Crippen LogP contribution in [-0.4, -0.2) is 21.5 Å². The standard InChI is InChI=1S/C10H20N4/c1-4-6-9(11-7-5-2)10-8-12-13-14(10)3/h8-9,11H,4-7H2,1-3H3. The summed E-state index contributed by atoms with van der Waals surface area (Å²) in [6, 6.07) is 0.403. The summed E-state index contributed by atoms with van der Waals surface area (Å²) < 4.78 is 1.85. The summed E-state index contributed by atoms with van der Waals surface area (Å²) in [4.78, 5) is 0. The van der Waals surface area contributed by atoms with Gasteiger partial charge in [0, 0.05) is 7.05 Å². The van der Waals surface area contributed by atoms with E-state index in [1.807, 2.05) is 17.9 Å². The van der Waals surface area contributed by atoms with E-state index in [1.165, 1.54) is 12.1 Å². The molecule has 1 N–H and O–H groups in total. The Morgan fingerprint density at radius 3 is 2.71 bits per heavy atom. The molecule has 0 bridgehead atoms. The van der Waals surface area contributed by atoms with Crippen molar-refractivity contribution < 1.29 is 0 Å². The minimum atomic E-state index is 0.403. The fourth-order valence-electron chi connectivity index (χ4n) is 1.57. The van der Waals surface area contributed by atoms with Crippen molar-refractivity contribution in [2.45, 2.75) is 39.2 Å². The number of aromatic nitrogens is 3. The maximum absolute atomic E-state index is 3.95. The highest BCUT2D eigenvalue weighted by molar-refractivity contribution is 5.01. The molecule has 1 rings (SSSR count). The van der Waals surface area contributed by atoms with Crippen molar-refractivity contribution in [1.82, 2.24) is 20.3 Å². The number of aryl methyl sites for hydroxylation is 1. The van der Waals surface area contributed by atoms with Crippen molar-refractivity contribution in [2.75, 3.05) is 6.54 Å². The maximum Gasteiger partial charge on any atom is 0.0753 e. The van der Waals surface area contributed by atoms with Gasteiger partial charge in [0.1, 0.15) is 0 Å². The van der Waals surface area contributed by atoms with Crippen LogP contribution >= 0.6 is 0 Å². The van der Waals surface area contributed by atoms with Crippen LogP contribution in [0.4, 0.5) is 0 Å². The molecule has 0 spiro atoms. The largest absolute Gasteiger partial charge is 0.309 e. The number of hydrogen-bond acceptors (Lipinski definition) is 3. The minimum Gasteiger partial charge on any atom is -0.309 e. The van der Waals surface area contributed by atoms with E-state index < -0.39 is 0 Å². The summed E-state index contributed by atoms with van der Waals surface area (Å²) in [5, 5.41) is 11.4. The number of nitrogens with zero attached hydrogens (tertiary/aromatic N) is 3. The Morgan fingerprint density at radius 2 is 2.21 bits per heavy atom. The molecular weight excluding hydrogens is 176 g/mol. The van der Waals surface area contributed by atoms with Gasteiger partial charge in [0.25, 0.3) is 0 Å². The van der Waals surface area contributed by atoms with E-state index >= 15 is 0 Å². The Balaban J connectivity index is 2.62. The Hall–Kier alpha value is -0.900. The van der Waals surface area contributed by atoms with E-state index in [1.54, 1.807) is 0 Å². The molecule has 80 valence electrons. The van der Waals surface area contributed by atoms with Gasteiger partial charge in [-0.15, -0.1) is 5.10 Å². The summed E-state index contributed by atoms with van der Waals surface area (Å²) in [5.41, 5.74) is 1.18. The zero-order valence-electron chi connectivity index (χ0n) is 9.32. The van der Waals surface area contributed by atoms with Gasteiger partial charge in [-0.05, 0) is 19.4 Å². The average Bonchev–Trinajstić information content (AvgIpc) is 2.59. The Kier molecular flexibility index (Phi) is 4.59. The molecule has 4 heteroatoms. The van der Waals surface area contributed by atoms with E-state index in [0.717, 1.165) is 19.4 Å². The van der Waals surface area contributed by atoms with Gasteiger partial charge >= 0.3 is 0 Å². The van der Waals surface area contributed by atoms with Gasteiger partial charge in [0.05, 0.1) is 17.9 Å². The molecule has 1 unspecified atom stereocenters. The lowest BCUT2D eigenvalue weighted by Gasteiger charge is -2.17. The van der Waals surface area contributed by atoms with Gasteiger partial charge in [0.15, 0.2) is 0 Å². The van der Waals surface area contributed by atoms with E-state index in [2.05, 4.69) is 29.5 Å². The minimum absolute atomic E-state index is 0.403. The van der Waals surface area contributed by atoms with Gasteiger partial charge in [0.2, 0.25) is 0 Å². The smallest absolute Gasteiger partial charge is 0.0753 e. The molecule has 0 saturated carbocycles. The fraction of sp³-hybridized carbons (Fsp3) is 0.800. The average molecular weight is 196 g/mol. The monoisotopic (exact) mass is 196 g/mol. The van der Waals surface area contributed by atoms with Crippen LogP contribution < -0.4 is 5.32 Å². The van der Waals surface area contributed by atoms with Crippen molar-refractivity contribution >= 4 is 0 Å². The molecule has 0 aliphatic rings. The molecule has 0 aliphatic heterocycles. The molecule has 1 atom stereocenters. The van der Waals surface area contributed by atoms with E-state index in [4.69, 9.17) is 0 Å². The second-order valence-electron chi connectivity index (χ2n) is 3.58. The molecule has 0 aromatic carbocycles. The number of rotatable bonds is 6. The first-order chi connectivity index (χ1) is 6.79. The zero-order valence-corrected chi connectivity index (χ0v) is 9.32. The van der Waals surface area contributed by atoms with Crippen LogP contribution in [0.1, 0.15) is 44.8 Å². The molecule has 0 fully saturated rings. The highest BCUT2D eigenvalue weighted by Gasteiger charge is 2.13. The van der Waals surface area contributed by atoms with Gasteiger partial charge in [-0.1, -0.05) is 25.5 Å². The molecule has 1 heterocycles. The third-order valence-corrected chi connectivity index (χ3v) is 2.32. The van der Waals surface area contributed by atoms with Gasteiger partial charge in [-0.3, -0.25) is 4.68 Å². The predicted octanol–water partition coefficient (Wildman–Crippen LogP) is 1.66. The van der Waals surface area contributed by atoms with Crippen LogP contribution in [0.15, 0.2) is 6.20 Å². The SMILES string of the molecule is CCCNC(CCC)c1cnnn1C. The van der Waals surface area contributed by atoms with Crippen LogP contribution in [0.25, 0.3) is 0 Å². The molecule has 1 aromatic heterocycles. The van der Waals surface area contributed by atoms with Crippen LogP contribution in [0.3, 0.4) is 0 Å². The second-order valence-corrected chi connectivity index (χ2v) is 3.58. The second kappa shape index (κ2) is 5.75. The van der Waals surface area contributed by atoms with Crippen molar-refractivity contribution in [3.05, 3.63) is 11.9 Å². The molecule has 14 heavy (non-hydrogen) atoms. The van der Waals surface area contributed by atoms with Crippen LogP contribution in [0, 0.1) is 0 Å². The van der Waals surface area contributed by atoms with Gasteiger partial charge < -0.3 is 5.32 Å². The van der Waals surface area contributed by atoms with Crippen LogP contribution in [-0.2, 0) is 7.05 Å². The van der Waals surface area contributed by atoms with E-state index in [9.17, 15) is 0 Å². The van der Waals surface area contributed by atoms with E-state index in [0.29, 0.717) is 6.04 Å². The molecule has 0 radical (unpaired) electrons. The number of hydrogen-bond donors (Lipinski definition) is 1. The normalized spacial score (nSPS) is 13.1. The maximum atomic E-state index is 3.95. The Morgan fingerprint density at radius 1 is 1.43 bits per heavy atom. The molecule has 1 aromatic rings. The van der Waals surface area contributed by atoms with E-state index in [-0.39, 0.29) is 0 Å². The quantitative estimate of drug-likeness (QED) is 0.752. The summed E-state index contributed by atoms with van der Waals surface area (Å²) >= 11 is 0. The Bertz CT molecular complexity index is 256. The predicted molar refractivity (Wildman–Crippen MR) is 56.9 cm³/mol. The van der Waals surface area contributed by atoms with Crippen molar-refractivity contribution in [1.29, 1.82) is 0 Å². The van der Waals surface area contributed by atoms with Crippen molar-refractivity contribution in [3.8, 4) is 0 Å². The summed E-state index contributed by atoms with van der Waals surface area (Å²) in [6.07, 6.45) is 5.32. The molecular formula is C10H20N4. The molecule has 0 saturated heterocycles. The lowest BCUT2D eigenvalue weighted by molar-refractivity contribution is 0.463. The fourth-order valence-corrected chi connectivity index (χ4v) is 1.57. The summed E-state index contributed by atoms with van der Waals surface area (Å²) in [6.45, 7) is 5.43. The molecule has 0 aliphatic carbocycles. The van der Waals surface area contributed by atoms with Crippen LogP contribution in [0.5, 0.6) is 0 Å². The third-order valence-electron chi connectivity index (χ3n) is 2.32.